The molecule has 0 aliphatic heterocycles. The predicted octanol–water partition coefficient (Wildman–Crippen LogP) is 1.58. The predicted molar refractivity (Wildman–Crippen MR) is 52.4 cm³/mol. The summed E-state index contributed by atoms with van der Waals surface area (Å²) >= 11 is 0. The number of hydrogen-bond donors (Lipinski definition) is 1. The molecule has 14 heavy (non-hydrogen) atoms. The van der Waals surface area contributed by atoms with Gasteiger partial charge in [-0.25, -0.2) is 5.10 Å². The number of H-pyrrole nitrogens is 1. The molecule has 1 radical (unpaired) electrons. The fourth-order valence-corrected chi connectivity index (χ4v) is 1.43. The van der Waals surface area contributed by atoms with Crippen LogP contribution < -0.4 is 0 Å². The van der Waals surface area contributed by atoms with Gasteiger partial charge in [-0.2, -0.15) is 0 Å². The van der Waals surface area contributed by atoms with Crippen molar-refractivity contribution in [1.29, 1.82) is 0 Å². The Hall–Kier alpha value is -1.71. The highest BCUT2D eigenvalue weighted by Gasteiger charge is 2.15. The van der Waals surface area contributed by atoms with Crippen LogP contribution in [0.15, 0.2) is 30.3 Å². The average molecular weight is 187 g/mol. The molecule has 0 unspecified atom stereocenters. The maximum Gasteiger partial charge on any atom is 0.160 e. The van der Waals surface area contributed by atoms with Gasteiger partial charge in [0, 0.05) is 0 Å². The van der Waals surface area contributed by atoms with E-state index < -0.39 is 0 Å². The van der Waals surface area contributed by atoms with Gasteiger partial charge in [-0.3, -0.25) is 0 Å². The van der Waals surface area contributed by atoms with Crippen LogP contribution in [0.25, 0.3) is 0 Å². The molecule has 0 amide bonds. The number of hydrogen-bond acceptors (Lipinski definition) is 3. The molecule has 71 valence electrons. The van der Waals surface area contributed by atoms with Crippen molar-refractivity contribution in [1.82, 2.24) is 20.6 Å². The number of aromatic nitrogens is 4. The zero-order chi connectivity index (χ0) is 9.80. The molecule has 0 aliphatic rings. The molecule has 4 heteroatoms. The standard InChI is InChI=1S/C10H11N4/c1-2-9(10-11-13-14-12-10)8-6-4-3-5-7-8/h3-7H,2H2,1H3,(H,11,12,13,14). The quantitative estimate of drug-likeness (QED) is 0.793. The first-order valence-electron chi connectivity index (χ1n) is 4.57. The van der Waals surface area contributed by atoms with E-state index in [1.54, 1.807) is 0 Å². The zero-order valence-electron chi connectivity index (χ0n) is 7.94. The van der Waals surface area contributed by atoms with Crippen LogP contribution in [-0.2, 0) is 0 Å². The molecule has 0 atom stereocenters. The fourth-order valence-electron chi connectivity index (χ4n) is 1.43. The topological polar surface area (TPSA) is 54.5 Å². The van der Waals surface area contributed by atoms with E-state index in [1.807, 2.05) is 18.2 Å². The summed E-state index contributed by atoms with van der Waals surface area (Å²) in [5, 5.41) is 13.8. The SMILES string of the molecule is CC[C](c1ccccc1)c1nnn[nH]1. The van der Waals surface area contributed by atoms with E-state index in [1.165, 1.54) is 0 Å². The maximum atomic E-state index is 3.91. The van der Waals surface area contributed by atoms with Crippen molar-refractivity contribution in [2.24, 2.45) is 0 Å². The zero-order valence-corrected chi connectivity index (χ0v) is 7.94. The number of tetrazole rings is 1. The third-order valence-corrected chi connectivity index (χ3v) is 2.11. The summed E-state index contributed by atoms with van der Waals surface area (Å²) in [4.78, 5) is 0. The van der Waals surface area contributed by atoms with E-state index in [2.05, 4.69) is 39.7 Å². The van der Waals surface area contributed by atoms with Crippen molar-refractivity contribution in [3.8, 4) is 0 Å². The molecule has 1 N–H and O–H groups in total. The monoisotopic (exact) mass is 187 g/mol. The van der Waals surface area contributed by atoms with Gasteiger partial charge in [0.25, 0.3) is 0 Å². The first kappa shape index (κ1) is 8.87. The van der Waals surface area contributed by atoms with Crippen molar-refractivity contribution < 1.29 is 0 Å². The summed E-state index contributed by atoms with van der Waals surface area (Å²) in [5.74, 6) is 1.88. The Bertz CT molecular complexity index is 368. The molecular formula is C10H11N4. The molecule has 2 aromatic rings. The normalized spacial score (nSPS) is 10.7. The lowest BCUT2D eigenvalue weighted by atomic mass is 9.96. The first-order chi connectivity index (χ1) is 6.92. The van der Waals surface area contributed by atoms with Gasteiger partial charge in [-0.15, -0.1) is 5.10 Å². The summed E-state index contributed by atoms with van der Waals surface area (Å²) in [5.41, 5.74) is 1.16. The Morgan fingerprint density at radius 3 is 2.64 bits per heavy atom. The van der Waals surface area contributed by atoms with Crippen LogP contribution in [0.2, 0.25) is 0 Å². The van der Waals surface area contributed by atoms with Crippen LogP contribution >= 0.6 is 0 Å². The molecule has 2 rings (SSSR count). The highest BCUT2D eigenvalue weighted by atomic mass is 15.5. The lowest BCUT2D eigenvalue weighted by Crippen LogP contribution is -2.02. The fraction of sp³-hybridized carbons (Fsp3) is 0.200. The number of rotatable bonds is 3. The van der Waals surface area contributed by atoms with Gasteiger partial charge in [0.2, 0.25) is 0 Å². The van der Waals surface area contributed by atoms with E-state index in [4.69, 9.17) is 0 Å². The molecule has 1 aromatic heterocycles. The molecule has 0 spiro atoms. The van der Waals surface area contributed by atoms with Crippen LogP contribution in [0, 0.1) is 5.92 Å². The van der Waals surface area contributed by atoms with Gasteiger partial charge in [0.05, 0.1) is 5.92 Å². The molecule has 0 saturated heterocycles. The summed E-state index contributed by atoms with van der Waals surface area (Å²) in [6.07, 6.45) is 0.904. The van der Waals surface area contributed by atoms with Gasteiger partial charge < -0.3 is 0 Å². The number of benzene rings is 1. The van der Waals surface area contributed by atoms with Crippen LogP contribution in [0.3, 0.4) is 0 Å². The summed E-state index contributed by atoms with van der Waals surface area (Å²) in [7, 11) is 0. The van der Waals surface area contributed by atoms with Crippen LogP contribution in [0.1, 0.15) is 24.7 Å². The van der Waals surface area contributed by atoms with E-state index in [-0.39, 0.29) is 0 Å². The summed E-state index contributed by atoms with van der Waals surface area (Å²) < 4.78 is 0. The van der Waals surface area contributed by atoms with Gasteiger partial charge in [-0.05, 0) is 22.4 Å². The molecule has 0 bridgehead atoms. The second-order valence-corrected chi connectivity index (χ2v) is 2.95. The van der Waals surface area contributed by atoms with Crippen molar-refractivity contribution in [3.05, 3.63) is 47.6 Å². The average Bonchev–Trinajstić information content (AvgIpc) is 2.74. The lowest BCUT2D eigenvalue weighted by Gasteiger charge is -2.09. The van der Waals surface area contributed by atoms with Gasteiger partial charge in [0.15, 0.2) is 5.82 Å². The summed E-state index contributed by atoms with van der Waals surface area (Å²) in [6.45, 7) is 2.09. The molecule has 0 fully saturated rings. The Balaban J connectivity index is 2.31. The number of nitrogens with zero attached hydrogens (tertiary/aromatic N) is 3. The summed E-state index contributed by atoms with van der Waals surface area (Å²) in [6, 6.07) is 10.1. The molecule has 4 nitrogen and oxygen atoms in total. The van der Waals surface area contributed by atoms with E-state index in [9.17, 15) is 0 Å². The molecule has 0 saturated carbocycles. The maximum absolute atomic E-state index is 3.91. The van der Waals surface area contributed by atoms with Crippen molar-refractivity contribution in [3.63, 3.8) is 0 Å². The number of nitrogens with one attached hydrogen (secondary N) is 1. The lowest BCUT2D eigenvalue weighted by molar-refractivity contribution is 0.881. The Kier molecular flexibility index (Phi) is 2.53. The second kappa shape index (κ2) is 4.00. The minimum absolute atomic E-state index is 0.749. The van der Waals surface area contributed by atoms with Crippen LogP contribution in [-0.4, -0.2) is 20.6 Å². The highest BCUT2D eigenvalue weighted by molar-refractivity contribution is 5.37. The third kappa shape index (κ3) is 1.64. The largest absolute Gasteiger partial charge is 0.242 e. The Labute approximate surface area is 82.4 Å². The van der Waals surface area contributed by atoms with E-state index >= 15 is 0 Å². The van der Waals surface area contributed by atoms with Gasteiger partial charge in [0.1, 0.15) is 0 Å². The van der Waals surface area contributed by atoms with Crippen molar-refractivity contribution in [2.75, 3.05) is 0 Å². The first-order valence-corrected chi connectivity index (χ1v) is 4.57. The number of aromatic amines is 1. The molecule has 1 aromatic carbocycles. The minimum Gasteiger partial charge on any atom is -0.242 e. The van der Waals surface area contributed by atoms with Gasteiger partial charge >= 0.3 is 0 Å². The minimum atomic E-state index is 0.749. The Morgan fingerprint density at radius 1 is 1.29 bits per heavy atom. The van der Waals surface area contributed by atoms with Crippen LogP contribution in [0.4, 0.5) is 0 Å². The van der Waals surface area contributed by atoms with Crippen molar-refractivity contribution >= 4 is 0 Å². The van der Waals surface area contributed by atoms with E-state index in [0.717, 1.165) is 23.7 Å². The van der Waals surface area contributed by atoms with E-state index in [0.29, 0.717) is 0 Å². The molecule has 0 aliphatic carbocycles. The molecule has 1 heterocycles. The smallest absolute Gasteiger partial charge is 0.160 e. The van der Waals surface area contributed by atoms with Gasteiger partial charge in [-0.1, -0.05) is 37.3 Å². The van der Waals surface area contributed by atoms with Crippen molar-refractivity contribution in [2.45, 2.75) is 13.3 Å². The van der Waals surface area contributed by atoms with Crippen LogP contribution in [0.5, 0.6) is 0 Å². The Morgan fingerprint density at radius 2 is 2.07 bits per heavy atom. The molecular weight excluding hydrogens is 176 g/mol. The second-order valence-electron chi connectivity index (χ2n) is 2.95. The third-order valence-electron chi connectivity index (χ3n) is 2.11. The highest BCUT2D eigenvalue weighted by Crippen LogP contribution is 2.22.